The van der Waals surface area contributed by atoms with E-state index in [2.05, 4.69) is 80.9 Å². The number of hydrogen-bond acceptors (Lipinski definition) is 2. The van der Waals surface area contributed by atoms with Crippen LogP contribution in [-0.2, 0) is 10.8 Å². The lowest BCUT2D eigenvalue weighted by atomic mass is 9.80. The third-order valence-corrected chi connectivity index (χ3v) is 3.84. The maximum atomic E-state index is 10.2. The van der Waals surface area contributed by atoms with Crippen molar-refractivity contribution in [1.82, 2.24) is 0 Å². The number of ether oxygens (including phenoxy) is 1. The Labute approximate surface area is 166 Å². The van der Waals surface area contributed by atoms with Crippen LogP contribution in [0.15, 0.2) is 18.2 Å². The van der Waals surface area contributed by atoms with Crippen LogP contribution in [0.2, 0.25) is 0 Å². The van der Waals surface area contributed by atoms with Crippen LogP contribution in [0.1, 0.15) is 52.7 Å². The molecule has 0 aliphatic rings. The van der Waals surface area contributed by atoms with E-state index in [9.17, 15) is 5.11 Å². The Hall–Kier alpha value is -0.330. The zero-order valence-electron chi connectivity index (χ0n) is 16.9. The lowest BCUT2D eigenvalue weighted by molar-refractivity contribution is -0.873. The highest BCUT2D eigenvalue weighted by Crippen LogP contribution is 2.35. The van der Waals surface area contributed by atoms with Gasteiger partial charge in [-0.25, -0.2) is 0 Å². The van der Waals surface area contributed by atoms with E-state index in [1.807, 2.05) is 0 Å². The summed E-state index contributed by atoms with van der Waals surface area (Å²) in [4.78, 5) is 0. The van der Waals surface area contributed by atoms with Crippen molar-refractivity contribution in [3.8, 4) is 5.75 Å². The second-order valence-corrected chi connectivity index (χ2v) is 9.65. The predicted molar refractivity (Wildman–Crippen MR) is 98.2 cm³/mol. The molecule has 0 spiro atoms. The van der Waals surface area contributed by atoms with Gasteiger partial charge >= 0.3 is 0 Å². The fourth-order valence-corrected chi connectivity index (χ4v) is 2.58. The first kappa shape index (κ1) is 23.7. The van der Waals surface area contributed by atoms with Gasteiger partial charge in [-0.15, -0.1) is 0 Å². The van der Waals surface area contributed by atoms with Crippen LogP contribution in [0.5, 0.6) is 5.75 Å². The van der Waals surface area contributed by atoms with E-state index in [1.54, 1.807) is 0 Å². The first-order valence-corrected chi connectivity index (χ1v) is 8.46. The van der Waals surface area contributed by atoms with Crippen molar-refractivity contribution >= 4 is 0 Å². The molecule has 24 heavy (non-hydrogen) atoms. The van der Waals surface area contributed by atoms with Crippen molar-refractivity contribution in [2.45, 2.75) is 58.5 Å². The largest absolute Gasteiger partial charge is 1.00 e. The Morgan fingerprint density at radius 1 is 1.00 bits per heavy atom. The molecule has 3 nitrogen and oxygen atoms in total. The Kier molecular flexibility index (Phi) is 8.25. The molecule has 1 rings (SSSR count). The third-order valence-electron chi connectivity index (χ3n) is 3.84. The topological polar surface area (TPSA) is 29.5 Å². The van der Waals surface area contributed by atoms with Crippen LogP contribution in [0.25, 0.3) is 0 Å². The van der Waals surface area contributed by atoms with Gasteiger partial charge in [-0.3, -0.25) is 0 Å². The van der Waals surface area contributed by atoms with Crippen LogP contribution in [-0.4, -0.2) is 50.0 Å². The van der Waals surface area contributed by atoms with Gasteiger partial charge in [0, 0.05) is 0 Å². The number of benzene rings is 1. The van der Waals surface area contributed by atoms with E-state index in [1.165, 1.54) is 11.1 Å². The van der Waals surface area contributed by atoms with Crippen molar-refractivity contribution in [3.05, 3.63) is 29.3 Å². The molecular weight excluding hydrogens is 413 g/mol. The first-order chi connectivity index (χ1) is 10.2. The highest BCUT2D eigenvalue weighted by molar-refractivity contribution is 5.43. The van der Waals surface area contributed by atoms with Gasteiger partial charge in [0.25, 0.3) is 0 Å². The minimum atomic E-state index is -0.467. The summed E-state index contributed by atoms with van der Waals surface area (Å²) in [6.07, 6.45) is -0.467. The number of quaternary nitrogens is 1. The van der Waals surface area contributed by atoms with E-state index >= 15 is 0 Å². The van der Waals surface area contributed by atoms with Crippen molar-refractivity contribution in [3.63, 3.8) is 0 Å². The molecule has 4 heteroatoms. The van der Waals surface area contributed by atoms with E-state index in [0.29, 0.717) is 13.2 Å². The standard InChI is InChI=1S/C20H36NO2.HI/c1-19(2,3)15-10-11-18(17(12-15)20(4,5)6)23-14-16(22)13-21(7,8)9;/h10-12,16,22H,13-14H2,1-9H3;1H/q+1;/p-1. The number of halogens is 1. The van der Waals surface area contributed by atoms with Gasteiger partial charge in [-0.2, -0.15) is 0 Å². The molecule has 1 unspecified atom stereocenters. The Morgan fingerprint density at radius 3 is 1.96 bits per heavy atom. The normalized spacial score (nSPS) is 14.1. The van der Waals surface area contributed by atoms with Crippen molar-refractivity contribution in [1.29, 1.82) is 0 Å². The molecule has 1 aromatic rings. The Balaban J connectivity index is 0.00000529. The lowest BCUT2D eigenvalue weighted by Crippen LogP contribution is -3.00. The predicted octanol–water partition coefficient (Wildman–Crippen LogP) is 0.732. The summed E-state index contributed by atoms with van der Waals surface area (Å²) < 4.78 is 6.70. The van der Waals surface area contributed by atoms with Crippen LogP contribution in [0.4, 0.5) is 0 Å². The molecule has 0 aliphatic carbocycles. The molecule has 0 radical (unpaired) electrons. The molecule has 0 aromatic heterocycles. The summed E-state index contributed by atoms with van der Waals surface area (Å²) in [5, 5.41) is 10.2. The van der Waals surface area contributed by atoms with Crippen molar-refractivity contribution in [2.75, 3.05) is 34.3 Å². The average molecular weight is 449 g/mol. The molecule has 0 heterocycles. The SMILES string of the molecule is CC(C)(C)c1ccc(OCC(O)C[N+](C)(C)C)c(C(C)(C)C)c1.[I-]. The molecular formula is C20H36INO2. The van der Waals surface area contributed by atoms with Crippen molar-refractivity contribution < 1.29 is 38.3 Å². The minimum absolute atomic E-state index is 0. The summed E-state index contributed by atoms with van der Waals surface area (Å²) in [5.41, 5.74) is 2.62. The maximum absolute atomic E-state index is 10.2. The van der Waals surface area contributed by atoms with Crippen LogP contribution in [0, 0.1) is 0 Å². The smallest absolute Gasteiger partial charge is 0.137 e. The summed E-state index contributed by atoms with van der Waals surface area (Å²) in [6, 6.07) is 6.44. The van der Waals surface area contributed by atoms with Gasteiger partial charge < -0.3 is 38.3 Å². The highest BCUT2D eigenvalue weighted by atomic mass is 127. The fourth-order valence-electron chi connectivity index (χ4n) is 2.58. The molecule has 0 aliphatic heterocycles. The van der Waals surface area contributed by atoms with E-state index < -0.39 is 6.10 Å². The molecule has 0 fully saturated rings. The number of hydrogen-bond donors (Lipinski definition) is 1. The highest BCUT2D eigenvalue weighted by Gasteiger charge is 2.24. The first-order valence-electron chi connectivity index (χ1n) is 8.46. The zero-order valence-corrected chi connectivity index (χ0v) is 19.1. The Bertz CT molecular complexity index is 522. The Morgan fingerprint density at radius 2 is 1.54 bits per heavy atom. The minimum Gasteiger partial charge on any atom is -1.00 e. The van der Waals surface area contributed by atoms with Gasteiger partial charge in [0.2, 0.25) is 0 Å². The molecule has 0 saturated heterocycles. The molecule has 1 N–H and O–H groups in total. The molecule has 0 bridgehead atoms. The van der Waals surface area contributed by atoms with Crippen LogP contribution >= 0.6 is 0 Å². The summed E-state index contributed by atoms with van der Waals surface area (Å²) >= 11 is 0. The third kappa shape index (κ3) is 7.70. The summed E-state index contributed by atoms with van der Waals surface area (Å²) in [5.74, 6) is 0.881. The maximum Gasteiger partial charge on any atom is 0.137 e. The molecule has 140 valence electrons. The fraction of sp³-hybridized carbons (Fsp3) is 0.700. The second kappa shape index (κ2) is 8.37. The molecule has 1 atom stereocenters. The van der Waals surface area contributed by atoms with E-state index in [0.717, 1.165) is 10.2 Å². The molecule has 0 saturated carbocycles. The van der Waals surface area contributed by atoms with Crippen molar-refractivity contribution in [2.24, 2.45) is 0 Å². The lowest BCUT2D eigenvalue weighted by Gasteiger charge is -2.29. The van der Waals surface area contributed by atoms with Gasteiger partial charge in [0.15, 0.2) is 0 Å². The van der Waals surface area contributed by atoms with Gasteiger partial charge in [0.1, 0.15) is 25.0 Å². The number of aliphatic hydroxyl groups is 1. The van der Waals surface area contributed by atoms with Crippen LogP contribution in [0.3, 0.4) is 0 Å². The number of likely N-dealkylation sites (N-methyl/N-ethyl adjacent to an activating group) is 1. The number of aliphatic hydroxyl groups excluding tert-OH is 1. The monoisotopic (exact) mass is 449 g/mol. The quantitative estimate of drug-likeness (QED) is 0.531. The second-order valence-electron chi connectivity index (χ2n) is 9.65. The van der Waals surface area contributed by atoms with E-state index in [4.69, 9.17) is 4.74 Å². The molecule has 1 aromatic carbocycles. The average Bonchev–Trinajstić information content (AvgIpc) is 2.31. The van der Waals surface area contributed by atoms with Gasteiger partial charge in [-0.05, 0) is 28.0 Å². The van der Waals surface area contributed by atoms with E-state index in [-0.39, 0.29) is 34.8 Å². The zero-order chi connectivity index (χ0) is 18.1. The summed E-state index contributed by atoms with van der Waals surface area (Å²) in [7, 11) is 6.21. The summed E-state index contributed by atoms with van der Waals surface area (Å²) in [6.45, 7) is 14.3. The number of rotatable bonds is 5. The van der Waals surface area contributed by atoms with Gasteiger partial charge in [-0.1, -0.05) is 53.7 Å². The van der Waals surface area contributed by atoms with Gasteiger partial charge in [0.05, 0.1) is 21.1 Å². The van der Waals surface area contributed by atoms with Crippen LogP contribution < -0.4 is 28.7 Å². The number of nitrogens with zero attached hydrogens (tertiary/aromatic N) is 1. The molecule has 0 amide bonds.